The zero-order valence-electron chi connectivity index (χ0n) is 14.6. The molecule has 8 nitrogen and oxygen atoms in total. The van der Waals surface area contributed by atoms with Crippen LogP contribution in [-0.4, -0.2) is 61.9 Å². The molecule has 30 heavy (non-hydrogen) atoms. The Balaban J connectivity index is 2.57. The van der Waals surface area contributed by atoms with Gasteiger partial charge < -0.3 is 9.47 Å². The first kappa shape index (κ1) is 27.2. The third-order valence-corrected chi connectivity index (χ3v) is 6.06. The molecule has 0 saturated heterocycles. The number of halogens is 8. The second kappa shape index (κ2) is 8.61. The predicted molar refractivity (Wildman–Crippen MR) is 80.2 cm³/mol. The number of ether oxygens (including phenoxy) is 2. The van der Waals surface area contributed by atoms with Gasteiger partial charge in [-0.15, -0.1) is 0 Å². The third-order valence-electron chi connectivity index (χ3n) is 4.29. The molecule has 0 aromatic carbocycles. The highest BCUT2D eigenvalue weighted by Gasteiger charge is 2.68. The van der Waals surface area contributed by atoms with E-state index in [0.717, 1.165) is 0 Å². The van der Waals surface area contributed by atoms with Gasteiger partial charge in [0, 0.05) is 0 Å². The van der Waals surface area contributed by atoms with Crippen molar-refractivity contribution in [2.24, 2.45) is 11.8 Å². The van der Waals surface area contributed by atoms with Crippen molar-refractivity contribution in [3.05, 3.63) is 0 Å². The molecule has 18 heteroatoms. The number of alkyl halides is 8. The fraction of sp³-hybridized carbons (Fsp3) is 1.00. The highest BCUT2D eigenvalue weighted by atomic mass is 32.2. The van der Waals surface area contributed by atoms with Crippen molar-refractivity contribution in [2.75, 3.05) is 13.2 Å². The Hall–Kier alpha value is -0.820. The summed E-state index contributed by atoms with van der Waals surface area (Å²) in [5, 5.41) is -11.8. The molecule has 0 heterocycles. The molecule has 0 unspecified atom stereocenters. The molecule has 1 aliphatic carbocycles. The minimum atomic E-state index is -6.48. The number of hydrogen-bond donors (Lipinski definition) is 2. The van der Waals surface area contributed by atoms with E-state index in [4.69, 9.17) is 9.11 Å². The molecule has 0 atom stereocenters. The van der Waals surface area contributed by atoms with Crippen LogP contribution in [0.3, 0.4) is 0 Å². The van der Waals surface area contributed by atoms with Crippen molar-refractivity contribution in [1.29, 1.82) is 0 Å². The van der Waals surface area contributed by atoms with Gasteiger partial charge in [-0.05, 0) is 37.5 Å². The van der Waals surface area contributed by atoms with Crippen molar-refractivity contribution in [3.63, 3.8) is 0 Å². The summed E-state index contributed by atoms with van der Waals surface area (Å²) in [6.45, 7) is -2.19. The molecule has 0 amide bonds. The summed E-state index contributed by atoms with van der Waals surface area (Å²) in [4.78, 5) is 0. The topological polar surface area (TPSA) is 127 Å². The lowest BCUT2D eigenvalue weighted by atomic mass is 9.83. The average Bonchev–Trinajstić information content (AvgIpc) is 2.57. The summed E-state index contributed by atoms with van der Waals surface area (Å²) in [6, 6.07) is 0. The van der Waals surface area contributed by atoms with Gasteiger partial charge >= 0.3 is 43.0 Å². The Labute approximate surface area is 165 Å². The summed E-state index contributed by atoms with van der Waals surface area (Å²) >= 11 is 0. The van der Waals surface area contributed by atoms with E-state index in [2.05, 4.69) is 9.47 Å². The first-order valence-corrected chi connectivity index (χ1v) is 10.8. The summed E-state index contributed by atoms with van der Waals surface area (Å²) in [5.74, 6) is -1.74. The summed E-state index contributed by atoms with van der Waals surface area (Å²) in [7, 11) is -13.0. The Morgan fingerprint density at radius 1 is 0.633 bits per heavy atom. The second-order valence-corrected chi connectivity index (χ2v) is 9.45. The van der Waals surface area contributed by atoms with Crippen molar-refractivity contribution in [2.45, 2.75) is 48.4 Å². The Morgan fingerprint density at radius 3 is 1.07 bits per heavy atom. The zero-order chi connectivity index (χ0) is 23.8. The summed E-state index contributed by atoms with van der Waals surface area (Å²) < 4.78 is 170. The molecular weight excluding hydrogens is 488 g/mol. The number of rotatable bonds is 10. The lowest BCUT2D eigenvalue weighted by Gasteiger charge is -2.31. The lowest BCUT2D eigenvalue weighted by molar-refractivity contribution is -0.325. The molecule has 180 valence electrons. The monoisotopic (exact) mass is 504 g/mol. The van der Waals surface area contributed by atoms with E-state index < -0.39 is 68.0 Å². The van der Waals surface area contributed by atoms with Gasteiger partial charge in [0.05, 0.1) is 13.2 Å². The molecule has 0 aliphatic heterocycles. The van der Waals surface area contributed by atoms with Gasteiger partial charge in [0.25, 0.3) is 0 Å². The van der Waals surface area contributed by atoms with E-state index in [1.165, 1.54) is 0 Å². The SMILES string of the molecule is O=S(=O)(O)C(F)(F)C(F)(F)OCC1CCC(COC(F)(F)C(F)(F)S(=O)(=O)O)CC1. The quantitative estimate of drug-likeness (QED) is 0.344. The van der Waals surface area contributed by atoms with Gasteiger partial charge in [-0.1, -0.05) is 0 Å². The zero-order valence-corrected chi connectivity index (χ0v) is 16.2. The van der Waals surface area contributed by atoms with Crippen LogP contribution in [0.5, 0.6) is 0 Å². The standard InChI is InChI=1S/C12H16F8O8S2/c13-9(14,11(17,18)29(21,22)23)27-5-7-1-2-8(4-3-7)6-28-10(15,16)12(19,20)30(24,25)26/h7-8H,1-6H2,(H,21,22,23)(H,24,25,26). The number of hydrogen-bond acceptors (Lipinski definition) is 6. The maximum absolute atomic E-state index is 13.2. The van der Waals surface area contributed by atoms with Crippen LogP contribution in [0.25, 0.3) is 0 Å². The van der Waals surface area contributed by atoms with Crippen LogP contribution < -0.4 is 0 Å². The van der Waals surface area contributed by atoms with E-state index in [1.54, 1.807) is 0 Å². The van der Waals surface area contributed by atoms with Gasteiger partial charge in [0.2, 0.25) is 0 Å². The van der Waals surface area contributed by atoms with Crippen LogP contribution >= 0.6 is 0 Å². The van der Waals surface area contributed by atoms with Crippen LogP contribution in [0.2, 0.25) is 0 Å². The van der Waals surface area contributed by atoms with Gasteiger partial charge in [0.1, 0.15) is 0 Å². The minimum absolute atomic E-state index is 0.123. The Kier molecular flexibility index (Phi) is 7.81. The third kappa shape index (κ3) is 5.70. The van der Waals surface area contributed by atoms with Crippen LogP contribution in [-0.2, 0) is 29.7 Å². The summed E-state index contributed by atoms with van der Waals surface area (Å²) in [6.07, 6.45) is -11.6. The molecule has 1 saturated carbocycles. The van der Waals surface area contributed by atoms with Crippen LogP contribution in [0.15, 0.2) is 0 Å². The molecule has 1 fully saturated rings. The summed E-state index contributed by atoms with van der Waals surface area (Å²) in [5.41, 5.74) is 0. The van der Waals surface area contributed by atoms with Gasteiger partial charge in [-0.2, -0.15) is 52.0 Å². The van der Waals surface area contributed by atoms with Crippen LogP contribution in [0.1, 0.15) is 25.7 Å². The molecule has 1 rings (SSSR count). The Bertz CT molecular complexity index is 738. The van der Waals surface area contributed by atoms with Crippen LogP contribution in [0, 0.1) is 11.8 Å². The molecule has 1 aliphatic rings. The molecular formula is C12H16F8O8S2. The van der Waals surface area contributed by atoms with E-state index >= 15 is 0 Å². The maximum atomic E-state index is 13.2. The first-order chi connectivity index (χ1) is 13.2. The molecule has 0 spiro atoms. The van der Waals surface area contributed by atoms with E-state index in [1.807, 2.05) is 0 Å². The molecule has 2 N–H and O–H groups in total. The lowest BCUT2D eigenvalue weighted by Crippen LogP contribution is -2.49. The molecule has 0 aromatic heterocycles. The Morgan fingerprint density at radius 2 is 0.867 bits per heavy atom. The largest absolute Gasteiger partial charge is 0.459 e. The fourth-order valence-corrected chi connectivity index (χ4v) is 3.20. The predicted octanol–water partition coefficient (Wildman–Crippen LogP) is 2.97. The maximum Gasteiger partial charge on any atom is 0.459 e. The minimum Gasteiger partial charge on any atom is -0.314 e. The highest BCUT2D eigenvalue weighted by molar-refractivity contribution is 7.87. The van der Waals surface area contributed by atoms with Crippen molar-refractivity contribution >= 4 is 20.2 Å². The van der Waals surface area contributed by atoms with E-state index in [0.29, 0.717) is 0 Å². The van der Waals surface area contributed by atoms with Gasteiger partial charge in [-0.25, -0.2) is 0 Å². The normalized spacial score (nSPS) is 22.9. The van der Waals surface area contributed by atoms with E-state index in [9.17, 15) is 52.0 Å². The van der Waals surface area contributed by atoms with Gasteiger partial charge in [-0.3, -0.25) is 9.11 Å². The van der Waals surface area contributed by atoms with Crippen molar-refractivity contribution < 1.29 is 70.5 Å². The average molecular weight is 504 g/mol. The molecule has 0 bridgehead atoms. The van der Waals surface area contributed by atoms with Crippen molar-refractivity contribution in [3.8, 4) is 0 Å². The highest BCUT2D eigenvalue weighted by Crippen LogP contribution is 2.42. The smallest absolute Gasteiger partial charge is 0.314 e. The van der Waals surface area contributed by atoms with Crippen LogP contribution in [0.4, 0.5) is 35.1 Å². The van der Waals surface area contributed by atoms with Crippen molar-refractivity contribution in [1.82, 2.24) is 0 Å². The fourth-order valence-electron chi connectivity index (χ4n) is 2.48. The van der Waals surface area contributed by atoms with Gasteiger partial charge in [0.15, 0.2) is 0 Å². The molecule has 0 radical (unpaired) electrons. The molecule has 0 aromatic rings. The van der Waals surface area contributed by atoms with E-state index in [-0.39, 0.29) is 25.7 Å². The first-order valence-electron chi connectivity index (χ1n) is 7.89. The second-order valence-electron chi connectivity index (χ2n) is 6.53.